The van der Waals surface area contributed by atoms with Crippen LogP contribution in [-0.4, -0.2) is 48.1 Å². The van der Waals surface area contributed by atoms with Crippen LogP contribution in [0.5, 0.6) is 17.2 Å². The molecular weight excluding hydrogens is 446 g/mol. The molecule has 1 atom stereocenters. The van der Waals surface area contributed by atoms with E-state index in [9.17, 15) is 14.7 Å². The number of carbonyl (C=O) groups is 2. The molecule has 2 aliphatic heterocycles. The Balaban J connectivity index is 1.69. The Morgan fingerprint density at radius 2 is 1.69 bits per heavy atom. The Hall–Kier alpha value is -3.48. The number of aliphatic hydroxyl groups excluding tert-OH is 1. The summed E-state index contributed by atoms with van der Waals surface area (Å²) in [5.74, 6) is 0.415. The number of hydrogen-bond acceptors (Lipinski definition) is 6. The normalized spacial score (nSPS) is 18.7. The number of likely N-dealkylation sites (tertiary alicyclic amines) is 1. The van der Waals surface area contributed by atoms with Crippen molar-refractivity contribution in [1.82, 2.24) is 4.90 Å². The predicted molar refractivity (Wildman–Crippen MR) is 133 cm³/mol. The molecule has 4 rings (SSSR count). The number of amides is 1. The summed E-state index contributed by atoms with van der Waals surface area (Å²) in [6, 6.07) is 11.7. The molecule has 2 aromatic carbocycles. The van der Waals surface area contributed by atoms with E-state index in [2.05, 4.69) is 6.92 Å². The van der Waals surface area contributed by atoms with E-state index >= 15 is 0 Å². The maximum absolute atomic E-state index is 13.1. The molecular formula is C28H33NO6. The van der Waals surface area contributed by atoms with E-state index < -0.39 is 17.7 Å². The minimum atomic E-state index is -0.706. The van der Waals surface area contributed by atoms with E-state index in [-0.39, 0.29) is 11.3 Å². The monoisotopic (exact) mass is 479 g/mol. The van der Waals surface area contributed by atoms with Crippen LogP contribution in [0.2, 0.25) is 0 Å². The van der Waals surface area contributed by atoms with Gasteiger partial charge < -0.3 is 24.2 Å². The first-order valence-electron chi connectivity index (χ1n) is 12.5. The van der Waals surface area contributed by atoms with Crippen molar-refractivity contribution in [3.8, 4) is 17.2 Å². The fourth-order valence-electron chi connectivity index (χ4n) is 4.42. The highest BCUT2D eigenvalue weighted by Gasteiger charge is 2.46. The molecule has 1 fully saturated rings. The number of ether oxygens (including phenoxy) is 3. The molecule has 7 nitrogen and oxygen atoms in total. The Kier molecular flexibility index (Phi) is 7.95. The lowest BCUT2D eigenvalue weighted by Gasteiger charge is -2.27. The lowest BCUT2D eigenvalue weighted by molar-refractivity contribution is -0.139. The number of fused-ring (bicyclic) bond motifs is 1. The molecule has 0 bridgehead atoms. The minimum Gasteiger partial charge on any atom is -0.507 e. The van der Waals surface area contributed by atoms with Crippen LogP contribution >= 0.6 is 0 Å². The van der Waals surface area contributed by atoms with Crippen molar-refractivity contribution in [2.24, 2.45) is 0 Å². The van der Waals surface area contributed by atoms with Crippen LogP contribution in [0.15, 0.2) is 48.0 Å². The lowest BCUT2D eigenvalue weighted by Crippen LogP contribution is -2.30. The second-order valence-corrected chi connectivity index (χ2v) is 8.83. The van der Waals surface area contributed by atoms with Gasteiger partial charge in [0.15, 0.2) is 11.5 Å². The van der Waals surface area contributed by atoms with Crippen LogP contribution in [0.25, 0.3) is 5.76 Å². The van der Waals surface area contributed by atoms with Gasteiger partial charge in [0, 0.05) is 12.1 Å². The van der Waals surface area contributed by atoms with Crippen molar-refractivity contribution in [2.75, 3.05) is 26.4 Å². The summed E-state index contributed by atoms with van der Waals surface area (Å²) in [5, 5.41) is 11.2. The van der Waals surface area contributed by atoms with E-state index in [1.165, 1.54) is 0 Å². The summed E-state index contributed by atoms with van der Waals surface area (Å²) >= 11 is 0. The van der Waals surface area contributed by atoms with Gasteiger partial charge in [-0.3, -0.25) is 9.59 Å². The van der Waals surface area contributed by atoms with E-state index in [0.717, 1.165) is 32.1 Å². The van der Waals surface area contributed by atoms with Gasteiger partial charge in [-0.15, -0.1) is 0 Å². The van der Waals surface area contributed by atoms with E-state index in [1.807, 2.05) is 13.0 Å². The zero-order valence-corrected chi connectivity index (χ0v) is 20.4. The Bertz CT molecular complexity index is 1090. The van der Waals surface area contributed by atoms with Crippen LogP contribution in [0.1, 0.15) is 63.1 Å². The second kappa shape index (κ2) is 11.3. The molecule has 2 aliphatic rings. The van der Waals surface area contributed by atoms with Gasteiger partial charge in [0.1, 0.15) is 24.7 Å². The molecule has 0 saturated carbocycles. The largest absolute Gasteiger partial charge is 0.507 e. The summed E-state index contributed by atoms with van der Waals surface area (Å²) in [6.45, 7) is 6.12. The number of unbranched alkanes of at least 4 members (excludes halogenated alkanes) is 3. The number of aliphatic hydroxyl groups is 1. The number of benzene rings is 2. The number of rotatable bonds is 10. The first kappa shape index (κ1) is 24.6. The molecule has 1 N–H and O–H groups in total. The fourth-order valence-corrected chi connectivity index (χ4v) is 4.42. The number of nitrogens with zero attached hydrogens (tertiary/aromatic N) is 1. The minimum absolute atomic E-state index is 0.0828. The topological polar surface area (TPSA) is 85.3 Å². The van der Waals surface area contributed by atoms with Gasteiger partial charge in [-0.05, 0) is 54.8 Å². The lowest BCUT2D eigenvalue weighted by atomic mass is 9.94. The summed E-state index contributed by atoms with van der Waals surface area (Å²) in [6.07, 6.45) is 4.83. The average molecular weight is 480 g/mol. The van der Waals surface area contributed by atoms with Crippen LogP contribution < -0.4 is 14.2 Å². The third kappa shape index (κ3) is 5.29. The van der Waals surface area contributed by atoms with Gasteiger partial charge in [0.05, 0.1) is 18.2 Å². The van der Waals surface area contributed by atoms with Crippen molar-refractivity contribution in [1.29, 1.82) is 0 Å². The number of ketones is 1. The highest BCUT2D eigenvalue weighted by atomic mass is 16.6. The highest BCUT2D eigenvalue weighted by molar-refractivity contribution is 6.46. The molecule has 0 aliphatic carbocycles. The molecule has 1 saturated heterocycles. The van der Waals surface area contributed by atoms with Crippen LogP contribution in [-0.2, 0) is 9.59 Å². The number of carbonyl (C=O) groups excluding carboxylic acids is 2. The summed E-state index contributed by atoms with van der Waals surface area (Å²) in [7, 11) is 0. The SMILES string of the molecule is CCCCCOc1ccc(/C(O)=C2/C(=O)C(=O)N(CCCC)C2c2ccc3c(c2)OCCO3)cc1. The van der Waals surface area contributed by atoms with Gasteiger partial charge in [-0.25, -0.2) is 0 Å². The first-order valence-corrected chi connectivity index (χ1v) is 12.5. The molecule has 35 heavy (non-hydrogen) atoms. The smallest absolute Gasteiger partial charge is 0.295 e. The number of Topliss-reactive ketones (excluding diaryl/α,β-unsaturated/α-hetero) is 1. The van der Waals surface area contributed by atoms with Gasteiger partial charge in [-0.1, -0.05) is 39.2 Å². The van der Waals surface area contributed by atoms with Crippen LogP contribution in [0.3, 0.4) is 0 Å². The maximum Gasteiger partial charge on any atom is 0.295 e. The predicted octanol–water partition coefficient (Wildman–Crippen LogP) is 5.25. The first-order chi connectivity index (χ1) is 17.0. The second-order valence-electron chi connectivity index (χ2n) is 8.83. The molecule has 186 valence electrons. The van der Waals surface area contributed by atoms with Gasteiger partial charge in [-0.2, -0.15) is 0 Å². The van der Waals surface area contributed by atoms with Crippen molar-refractivity contribution in [3.05, 3.63) is 59.2 Å². The molecule has 0 aromatic heterocycles. The zero-order valence-electron chi connectivity index (χ0n) is 20.4. The molecule has 0 spiro atoms. The maximum atomic E-state index is 13.1. The molecule has 2 heterocycles. The Labute approximate surface area is 206 Å². The zero-order chi connectivity index (χ0) is 24.8. The van der Waals surface area contributed by atoms with Crippen molar-refractivity contribution in [3.63, 3.8) is 0 Å². The van der Waals surface area contributed by atoms with Crippen molar-refractivity contribution >= 4 is 17.4 Å². The van der Waals surface area contributed by atoms with Crippen LogP contribution in [0.4, 0.5) is 0 Å². The van der Waals surface area contributed by atoms with Gasteiger partial charge in [0.25, 0.3) is 11.7 Å². The number of hydrogen-bond donors (Lipinski definition) is 1. The summed E-state index contributed by atoms with van der Waals surface area (Å²) in [5.41, 5.74) is 1.24. The molecule has 2 aromatic rings. The Morgan fingerprint density at radius 1 is 0.971 bits per heavy atom. The van der Waals surface area contributed by atoms with E-state index in [1.54, 1.807) is 41.3 Å². The Morgan fingerprint density at radius 3 is 2.40 bits per heavy atom. The average Bonchev–Trinajstić information content (AvgIpc) is 3.14. The molecule has 7 heteroatoms. The summed E-state index contributed by atoms with van der Waals surface area (Å²) in [4.78, 5) is 27.7. The van der Waals surface area contributed by atoms with Gasteiger partial charge >= 0.3 is 0 Å². The standard InChI is InChI=1S/C28H33NO6/c1-3-5-7-15-33-21-11-8-19(9-12-21)26(30)24-25(29(14-6-4-2)28(32)27(24)31)20-10-13-22-23(18-20)35-17-16-34-22/h8-13,18,25,30H,3-7,14-17H2,1-2H3/b26-24-. The molecule has 1 unspecified atom stereocenters. The molecule has 1 amide bonds. The molecule has 0 radical (unpaired) electrons. The van der Waals surface area contributed by atoms with Crippen molar-refractivity contribution in [2.45, 2.75) is 52.0 Å². The highest BCUT2D eigenvalue weighted by Crippen LogP contribution is 2.42. The quantitative estimate of drug-likeness (QED) is 0.217. The van der Waals surface area contributed by atoms with E-state index in [0.29, 0.717) is 54.7 Å². The van der Waals surface area contributed by atoms with Crippen LogP contribution in [0, 0.1) is 0 Å². The summed E-state index contributed by atoms with van der Waals surface area (Å²) < 4.78 is 17.1. The third-order valence-electron chi connectivity index (χ3n) is 6.32. The van der Waals surface area contributed by atoms with Gasteiger partial charge in [0.2, 0.25) is 0 Å². The fraction of sp³-hybridized carbons (Fsp3) is 0.429. The van der Waals surface area contributed by atoms with Crippen molar-refractivity contribution < 1.29 is 28.9 Å². The van der Waals surface area contributed by atoms with E-state index in [4.69, 9.17) is 14.2 Å². The third-order valence-corrected chi connectivity index (χ3v) is 6.32.